The molecule has 0 bridgehead atoms. The fraction of sp³-hybridized carbons (Fsp3) is 0.0476. The summed E-state index contributed by atoms with van der Waals surface area (Å²) in [5, 5.41) is 13.0. The summed E-state index contributed by atoms with van der Waals surface area (Å²) in [4.78, 5) is 21.8. The summed E-state index contributed by atoms with van der Waals surface area (Å²) in [5.41, 5.74) is 30.1. The second-order valence-corrected chi connectivity index (χ2v) is 40.1. The van der Waals surface area contributed by atoms with E-state index in [0.29, 0.717) is 5.95 Å². The number of fused-ring (bicyclic) bond motifs is 19. The standard InChI is InChI=1S/C53H38N2Si.C52H36N4Si/c1-56(2)47-28-15-13-26-42(47)49-48(56)32-31-46-50(49)51(35-17-6-3-7-18-35)55-52(54-46)38-20-16-19-36(33-38)37-29-30-45-43(34-37)41-25-12-14-27-44(41)53(45,39-21-8-4-9-22-39)40-23-10-5-11-24-40;1-57(2)47-24-14-11-21-39(47)49-48(57)30-27-42-50(49)51(33-15-5-3-6-16-33)54-52(53-42)56-44-23-13-10-20-38(44)41-32-35(26-29-46(41)56)34-25-28-45-40(31-34)37-19-9-12-22-43(37)55(45)36-17-7-4-8-18-36/h3-34H,1-2H3;3-32H,1-2H3. The van der Waals surface area contributed by atoms with Crippen molar-refractivity contribution >= 4 is 102 Å². The molecule has 0 N–H and O–H groups in total. The van der Waals surface area contributed by atoms with Crippen LogP contribution >= 0.6 is 0 Å². The first-order valence-corrected chi connectivity index (χ1v) is 45.2. The van der Waals surface area contributed by atoms with E-state index in [-0.39, 0.29) is 0 Å². The van der Waals surface area contributed by atoms with E-state index in [2.05, 4.69) is 411 Å². The molecule has 20 aromatic rings. The lowest BCUT2D eigenvalue weighted by Gasteiger charge is -2.33. The van der Waals surface area contributed by atoms with Gasteiger partial charge in [-0.3, -0.25) is 4.57 Å². The van der Waals surface area contributed by atoms with Gasteiger partial charge in [-0.15, -0.1) is 0 Å². The third-order valence-corrected chi connectivity index (χ3v) is 31.8. The second-order valence-electron chi connectivity index (χ2n) is 31.5. The molecule has 113 heavy (non-hydrogen) atoms. The molecule has 0 radical (unpaired) electrons. The zero-order valence-corrected chi connectivity index (χ0v) is 65.0. The molecule has 4 aromatic heterocycles. The molecule has 1 aliphatic carbocycles. The second kappa shape index (κ2) is 25.7. The number of hydrogen-bond acceptors (Lipinski definition) is 4. The van der Waals surface area contributed by atoms with E-state index >= 15 is 0 Å². The Hall–Kier alpha value is -13.8. The smallest absolute Gasteiger partial charge is 0.235 e. The van der Waals surface area contributed by atoms with E-state index < -0.39 is 21.6 Å². The van der Waals surface area contributed by atoms with Gasteiger partial charge in [-0.05, 0) is 171 Å². The Bertz CT molecular complexity index is 7250. The number of para-hydroxylation sites is 3. The van der Waals surface area contributed by atoms with Crippen LogP contribution in [-0.4, -0.2) is 45.2 Å². The number of hydrogen-bond donors (Lipinski definition) is 0. The maximum atomic E-state index is 5.55. The summed E-state index contributed by atoms with van der Waals surface area (Å²) in [5.74, 6) is 1.41. The van der Waals surface area contributed by atoms with Crippen molar-refractivity contribution < 1.29 is 0 Å². The monoisotopic (exact) mass is 1470 g/mol. The van der Waals surface area contributed by atoms with Gasteiger partial charge in [0.1, 0.15) is 16.1 Å². The summed E-state index contributed by atoms with van der Waals surface area (Å²) >= 11 is 0. The van der Waals surface area contributed by atoms with Crippen LogP contribution in [0.25, 0.3) is 167 Å². The molecule has 23 rings (SSSR count). The molecule has 0 atom stereocenters. The third kappa shape index (κ3) is 10.1. The molecule has 6 nitrogen and oxygen atoms in total. The average Bonchev–Trinajstić information content (AvgIpc) is 1.56. The Morgan fingerprint density at radius 3 is 1.26 bits per heavy atom. The zero-order chi connectivity index (χ0) is 75.3. The van der Waals surface area contributed by atoms with Gasteiger partial charge in [-0.1, -0.05) is 330 Å². The summed E-state index contributed by atoms with van der Waals surface area (Å²) in [6.07, 6.45) is 0. The molecule has 0 amide bonds. The predicted octanol–water partition coefficient (Wildman–Crippen LogP) is 23.8. The Kier molecular flexibility index (Phi) is 15.0. The molecule has 16 aromatic carbocycles. The van der Waals surface area contributed by atoms with Crippen molar-refractivity contribution in [2.24, 2.45) is 0 Å². The summed E-state index contributed by atoms with van der Waals surface area (Å²) < 4.78 is 4.63. The third-order valence-electron chi connectivity index (χ3n) is 24.7. The Balaban J connectivity index is 0.000000138. The molecule has 0 unspecified atom stereocenters. The van der Waals surface area contributed by atoms with E-state index in [1.165, 1.54) is 126 Å². The minimum absolute atomic E-state index is 0.417. The van der Waals surface area contributed by atoms with Crippen molar-refractivity contribution in [3.05, 3.63) is 398 Å². The van der Waals surface area contributed by atoms with E-state index in [9.17, 15) is 0 Å². The van der Waals surface area contributed by atoms with Crippen LogP contribution in [0.15, 0.2) is 376 Å². The number of aromatic nitrogens is 6. The summed E-state index contributed by atoms with van der Waals surface area (Å²) in [7, 11) is -3.78. The first-order chi connectivity index (χ1) is 55.6. The van der Waals surface area contributed by atoms with E-state index in [1.54, 1.807) is 0 Å². The molecule has 3 aliphatic rings. The van der Waals surface area contributed by atoms with Crippen molar-refractivity contribution in [2.75, 3.05) is 0 Å². The Morgan fingerprint density at radius 1 is 0.257 bits per heavy atom. The van der Waals surface area contributed by atoms with Crippen LogP contribution < -0.4 is 20.7 Å². The van der Waals surface area contributed by atoms with E-state index in [0.717, 1.165) is 78.0 Å². The van der Waals surface area contributed by atoms with Crippen molar-refractivity contribution in [3.63, 3.8) is 0 Å². The summed E-state index contributed by atoms with van der Waals surface area (Å²) in [6, 6.07) is 137. The van der Waals surface area contributed by atoms with Crippen LogP contribution in [0.5, 0.6) is 0 Å². The van der Waals surface area contributed by atoms with Crippen LogP contribution in [-0.2, 0) is 5.41 Å². The predicted molar refractivity (Wildman–Crippen MR) is 477 cm³/mol. The highest BCUT2D eigenvalue weighted by atomic mass is 28.3. The highest BCUT2D eigenvalue weighted by molar-refractivity contribution is 7.04. The minimum Gasteiger partial charge on any atom is -0.309 e. The van der Waals surface area contributed by atoms with Gasteiger partial charge in [-0.25, -0.2) is 19.9 Å². The first kappa shape index (κ1) is 66.2. The molecular weight excluding hydrogens is 1400 g/mol. The SMILES string of the molecule is C[Si]1(C)c2ccccc2-c2c1ccc1nc(-c3cccc(-c4ccc5c(c4)-c4ccccc4C5(c4ccccc4)c4ccccc4)c3)nc(-c3ccccc3)c21.C[Si]1(C)c2ccccc2-c2c1ccc1nc(-n3c4ccccc4c4cc(-c5ccc6c(c5)c5ccccc5n6-c5ccccc5)ccc43)nc(-c3ccccc3)c21. The number of rotatable bonds is 9. The molecule has 8 heteroatoms. The van der Waals surface area contributed by atoms with Gasteiger partial charge >= 0.3 is 0 Å². The van der Waals surface area contributed by atoms with Crippen LogP contribution in [0, 0.1) is 0 Å². The number of benzene rings is 16. The van der Waals surface area contributed by atoms with Crippen molar-refractivity contribution in [1.82, 2.24) is 29.1 Å². The fourth-order valence-corrected chi connectivity index (χ4v) is 25.6. The summed E-state index contributed by atoms with van der Waals surface area (Å²) in [6.45, 7) is 9.86. The highest BCUT2D eigenvalue weighted by Gasteiger charge is 2.47. The van der Waals surface area contributed by atoms with Gasteiger partial charge in [0.25, 0.3) is 0 Å². The lowest BCUT2D eigenvalue weighted by Crippen LogP contribution is -2.49. The molecule has 2 aliphatic heterocycles. The van der Waals surface area contributed by atoms with Gasteiger partial charge in [0.2, 0.25) is 5.95 Å². The lowest BCUT2D eigenvalue weighted by molar-refractivity contribution is 0.768. The van der Waals surface area contributed by atoms with Gasteiger partial charge in [0.05, 0.1) is 49.9 Å². The molecule has 6 heterocycles. The lowest BCUT2D eigenvalue weighted by atomic mass is 9.67. The topological polar surface area (TPSA) is 61.4 Å². The molecular formula is C105H74N6Si2. The molecule has 0 fully saturated rings. The van der Waals surface area contributed by atoms with E-state index in [4.69, 9.17) is 19.9 Å². The van der Waals surface area contributed by atoms with Crippen molar-refractivity contribution in [2.45, 2.75) is 31.6 Å². The normalized spacial score (nSPS) is 13.7. The first-order valence-electron chi connectivity index (χ1n) is 39.2. The van der Waals surface area contributed by atoms with Crippen LogP contribution in [0.2, 0.25) is 26.2 Å². The van der Waals surface area contributed by atoms with Crippen molar-refractivity contribution in [1.29, 1.82) is 0 Å². The average molecular weight is 1480 g/mol. The maximum absolute atomic E-state index is 5.55. The van der Waals surface area contributed by atoms with Crippen LogP contribution in [0.4, 0.5) is 0 Å². The van der Waals surface area contributed by atoms with Gasteiger partial charge in [0, 0.05) is 54.7 Å². The van der Waals surface area contributed by atoms with Crippen molar-refractivity contribution in [3.8, 4) is 101 Å². The Labute approximate surface area is 658 Å². The molecule has 532 valence electrons. The molecule has 0 saturated carbocycles. The van der Waals surface area contributed by atoms with Crippen LogP contribution in [0.1, 0.15) is 22.3 Å². The zero-order valence-electron chi connectivity index (χ0n) is 63.0. The van der Waals surface area contributed by atoms with E-state index in [1.807, 2.05) is 0 Å². The van der Waals surface area contributed by atoms with Gasteiger partial charge in [0.15, 0.2) is 5.82 Å². The van der Waals surface area contributed by atoms with Gasteiger partial charge < -0.3 is 4.57 Å². The molecule has 0 saturated heterocycles. The minimum atomic E-state index is -1.90. The highest BCUT2D eigenvalue weighted by Crippen LogP contribution is 2.57. The fourth-order valence-electron chi connectivity index (χ4n) is 19.5. The quantitative estimate of drug-likeness (QED) is 0.135. The largest absolute Gasteiger partial charge is 0.309 e. The van der Waals surface area contributed by atoms with Crippen LogP contribution in [0.3, 0.4) is 0 Å². The number of nitrogens with zero attached hydrogens (tertiary/aromatic N) is 6. The molecule has 0 spiro atoms. The Morgan fingerprint density at radius 2 is 0.673 bits per heavy atom. The maximum Gasteiger partial charge on any atom is 0.235 e. The van der Waals surface area contributed by atoms with Gasteiger partial charge in [-0.2, -0.15) is 0 Å².